The van der Waals surface area contributed by atoms with Crippen molar-refractivity contribution in [2.75, 3.05) is 0 Å². The van der Waals surface area contributed by atoms with E-state index < -0.39 is 23.2 Å². The first-order chi connectivity index (χ1) is 7.99. The van der Waals surface area contributed by atoms with Gasteiger partial charge in [0, 0.05) is 23.3 Å². The molecule has 1 nitrogen and oxygen atoms in total. The number of aromatic hydroxyl groups is 1. The fourth-order valence-corrected chi connectivity index (χ4v) is 1.62. The second-order valence-corrected chi connectivity index (χ2v) is 3.81. The van der Waals surface area contributed by atoms with Crippen LogP contribution in [0.4, 0.5) is 13.2 Å². The van der Waals surface area contributed by atoms with E-state index in [1.54, 1.807) is 0 Å². The van der Waals surface area contributed by atoms with E-state index >= 15 is 0 Å². The topological polar surface area (TPSA) is 20.2 Å². The standard InChI is InChI=1S/C12H6ClF3O/c13-9-4-8(12(17)5-11(9)16)7-2-1-6(14)3-10(7)15/h1-5,17H. The van der Waals surface area contributed by atoms with E-state index in [1.165, 1.54) is 0 Å². The van der Waals surface area contributed by atoms with Crippen molar-refractivity contribution in [1.29, 1.82) is 0 Å². The maximum atomic E-state index is 13.5. The quantitative estimate of drug-likeness (QED) is 0.815. The number of rotatable bonds is 1. The van der Waals surface area contributed by atoms with Crippen LogP contribution in [0, 0.1) is 17.5 Å². The predicted molar refractivity (Wildman–Crippen MR) is 58.4 cm³/mol. The third kappa shape index (κ3) is 2.22. The second kappa shape index (κ2) is 4.30. The fraction of sp³-hybridized carbons (Fsp3) is 0. The van der Waals surface area contributed by atoms with Gasteiger partial charge in [0.25, 0.3) is 0 Å². The van der Waals surface area contributed by atoms with Gasteiger partial charge in [-0.1, -0.05) is 11.6 Å². The lowest BCUT2D eigenvalue weighted by Crippen LogP contribution is -1.88. The summed E-state index contributed by atoms with van der Waals surface area (Å²) in [6.07, 6.45) is 0. The molecule has 2 aromatic carbocycles. The Morgan fingerprint density at radius 2 is 1.59 bits per heavy atom. The van der Waals surface area contributed by atoms with Crippen LogP contribution in [0.1, 0.15) is 0 Å². The Morgan fingerprint density at radius 1 is 0.882 bits per heavy atom. The molecule has 2 aromatic rings. The summed E-state index contributed by atoms with van der Waals surface area (Å²) in [5.41, 5.74) is -0.0419. The van der Waals surface area contributed by atoms with E-state index in [2.05, 4.69) is 0 Å². The van der Waals surface area contributed by atoms with Gasteiger partial charge in [0.05, 0.1) is 5.02 Å². The monoisotopic (exact) mass is 258 g/mol. The van der Waals surface area contributed by atoms with Crippen LogP contribution in [-0.2, 0) is 0 Å². The third-order valence-electron chi connectivity index (χ3n) is 2.26. The number of phenolic OH excluding ortho intramolecular Hbond substituents is 1. The van der Waals surface area contributed by atoms with Gasteiger partial charge >= 0.3 is 0 Å². The molecule has 0 heterocycles. The van der Waals surface area contributed by atoms with Crippen molar-refractivity contribution in [3.63, 3.8) is 0 Å². The number of hydrogen-bond donors (Lipinski definition) is 1. The zero-order valence-electron chi connectivity index (χ0n) is 8.35. The lowest BCUT2D eigenvalue weighted by atomic mass is 10.0. The zero-order valence-corrected chi connectivity index (χ0v) is 9.10. The van der Waals surface area contributed by atoms with Gasteiger partial charge in [-0.05, 0) is 18.2 Å². The Labute approximate surface area is 100 Å². The van der Waals surface area contributed by atoms with Gasteiger partial charge in [-0.2, -0.15) is 0 Å². The lowest BCUT2D eigenvalue weighted by Gasteiger charge is -2.07. The van der Waals surface area contributed by atoms with E-state index in [1.807, 2.05) is 0 Å². The maximum Gasteiger partial charge on any atom is 0.145 e. The largest absolute Gasteiger partial charge is 0.507 e. The third-order valence-corrected chi connectivity index (χ3v) is 2.55. The highest BCUT2D eigenvalue weighted by molar-refractivity contribution is 6.31. The molecule has 17 heavy (non-hydrogen) atoms. The van der Waals surface area contributed by atoms with Crippen LogP contribution in [0.3, 0.4) is 0 Å². The van der Waals surface area contributed by atoms with Crippen LogP contribution in [0.15, 0.2) is 30.3 Å². The maximum absolute atomic E-state index is 13.5. The molecule has 1 N–H and O–H groups in total. The molecule has 5 heteroatoms. The van der Waals surface area contributed by atoms with Crippen molar-refractivity contribution in [3.8, 4) is 16.9 Å². The normalized spacial score (nSPS) is 10.6. The Morgan fingerprint density at radius 3 is 2.24 bits per heavy atom. The van der Waals surface area contributed by atoms with Crippen molar-refractivity contribution < 1.29 is 18.3 Å². The van der Waals surface area contributed by atoms with Gasteiger partial charge in [-0.3, -0.25) is 0 Å². The number of hydrogen-bond acceptors (Lipinski definition) is 1. The molecule has 0 amide bonds. The molecular weight excluding hydrogens is 253 g/mol. The molecule has 0 saturated carbocycles. The molecule has 88 valence electrons. The Balaban J connectivity index is 2.64. The summed E-state index contributed by atoms with van der Waals surface area (Å²) in [7, 11) is 0. The molecule has 2 rings (SSSR count). The van der Waals surface area contributed by atoms with Crippen LogP contribution in [0.5, 0.6) is 5.75 Å². The van der Waals surface area contributed by atoms with E-state index in [0.29, 0.717) is 6.07 Å². The summed E-state index contributed by atoms with van der Waals surface area (Å²) in [6.45, 7) is 0. The number of halogens is 4. The minimum Gasteiger partial charge on any atom is -0.507 e. The molecule has 0 aliphatic rings. The molecule has 0 atom stereocenters. The van der Waals surface area contributed by atoms with Crippen molar-refractivity contribution in [2.24, 2.45) is 0 Å². The van der Waals surface area contributed by atoms with E-state index in [-0.39, 0.29) is 16.1 Å². The van der Waals surface area contributed by atoms with Gasteiger partial charge in [-0.15, -0.1) is 0 Å². The van der Waals surface area contributed by atoms with Crippen molar-refractivity contribution >= 4 is 11.6 Å². The van der Waals surface area contributed by atoms with Gasteiger partial charge < -0.3 is 5.11 Å². The highest BCUT2D eigenvalue weighted by Crippen LogP contribution is 2.34. The van der Waals surface area contributed by atoms with Crippen LogP contribution in [-0.4, -0.2) is 5.11 Å². The summed E-state index contributed by atoms with van der Waals surface area (Å²) in [4.78, 5) is 0. The minimum atomic E-state index is -0.858. The van der Waals surface area contributed by atoms with E-state index in [9.17, 15) is 18.3 Å². The second-order valence-electron chi connectivity index (χ2n) is 3.41. The molecule has 0 radical (unpaired) electrons. The highest BCUT2D eigenvalue weighted by atomic mass is 35.5. The summed E-state index contributed by atoms with van der Waals surface area (Å²) in [5, 5.41) is 9.26. The van der Waals surface area contributed by atoms with Gasteiger partial charge in [0.15, 0.2) is 0 Å². The summed E-state index contributed by atoms with van der Waals surface area (Å²) < 4.78 is 39.2. The zero-order chi connectivity index (χ0) is 12.6. The smallest absolute Gasteiger partial charge is 0.145 e. The molecule has 0 aliphatic heterocycles. The van der Waals surface area contributed by atoms with Gasteiger partial charge in [0.1, 0.15) is 23.2 Å². The fourth-order valence-electron chi connectivity index (χ4n) is 1.46. The number of benzene rings is 2. The Bertz CT molecular complexity index is 584. The predicted octanol–water partition coefficient (Wildman–Crippen LogP) is 4.13. The van der Waals surface area contributed by atoms with Crippen LogP contribution in [0.2, 0.25) is 5.02 Å². The molecule has 0 aromatic heterocycles. The molecule has 0 spiro atoms. The lowest BCUT2D eigenvalue weighted by molar-refractivity contribution is 0.470. The summed E-state index contributed by atoms with van der Waals surface area (Å²) in [5.74, 6) is -2.87. The van der Waals surface area contributed by atoms with Crippen LogP contribution in [0.25, 0.3) is 11.1 Å². The molecule has 0 fully saturated rings. The molecule has 0 aliphatic carbocycles. The molecule has 0 unspecified atom stereocenters. The Kier molecular flexibility index (Phi) is 2.98. The average molecular weight is 259 g/mol. The molecule has 0 bridgehead atoms. The van der Waals surface area contributed by atoms with Gasteiger partial charge in [0.2, 0.25) is 0 Å². The summed E-state index contributed by atoms with van der Waals surface area (Å²) in [6, 6.07) is 4.72. The average Bonchev–Trinajstić information content (AvgIpc) is 2.24. The SMILES string of the molecule is Oc1cc(F)c(Cl)cc1-c1ccc(F)cc1F. The van der Waals surface area contributed by atoms with Gasteiger partial charge in [-0.25, -0.2) is 13.2 Å². The van der Waals surface area contributed by atoms with E-state index in [0.717, 1.165) is 24.3 Å². The van der Waals surface area contributed by atoms with Crippen molar-refractivity contribution in [3.05, 3.63) is 52.8 Å². The van der Waals surface area contributed by atoms with Crippen molar-refractivity contribution in [2.45, 2.75) is 0 Å². The summed E-state index contributed by atoms with van der Waals surface area (Å²) >= 11 is 5.54. The first-order valence-corrected chi connectivity index (χ1v) is 5.00. The van der Waals surface area contributed by atoms with Crippen LogP contribution < -0.4 is 0 Å². The van der Waals surface area contributed by atoms with Crippen LogP contribution >= 0.6 is 11.6 Å². The first-order valence-electron chi connectivity index (χ1n) is 4.62. The first kappa shape index (κ1) is 11.8. The highest BCUT2D eigenvalue weighted by Gasteiger charge is 2.13. The minimum absolute atomic E-state index is 0.00824. The molecular formula is C12H6ClF3O. The van der Waals surface area contributed by atoms with Crippen molar-refractivity contribution in [1.82, 2.24) is 0 Å². The Hall–Kier alpha value is -1.68. The molecule has 0 saturated heterocycles. The van der Waals surface area contributed by atoms with E-state index in [4.69, 9.17) is 11.6 Å². The number of phenols is 1.